The molecule has 0 atom stereocenters. The zero-order valence-corrected chi connectivity index (χ0v) is 8.75. The molecule has 0 unspecified atom stereocenters. The van der Waals surface area contributed by atoms with Gasteiger partial charge >= 0.3 is 20.2 Å². The van der Waals surface area contributed by atoms with Crippen molar-refractivity contribution in [1.29, 1.82) is 0 Å². The standard InChI is InChI=1S/Cd.GeO.Li/c;1-2;. The van der Waals surface area contributed by atoms with Gasteiger partial charge in [-0.25, -0.2) is 0 Å². The summed E-state index contributed by atoms with van der Waals surface area (Å²) in [6, 6.07) is 0. The Morgan fingerprint density at radius 2 is 1.25 bits per heavy atom. The average Bonchev–Trinajstić information content (AvgIpc) is 1.00. The second-order valence-corrected chi connectivity index (χ2v) is 0. The normalized spacial score (nSPS) is 1.00. The second kappa shape index (κ2) is 20.9. The van der Waals surface area contributed by atoms with Gasteiger partial charge in [0.05, 0.1) is 0 Å². The van der Waals surface area contributed by atoms with Gasteiger partial charge in [-0.2, -0.15) is 0 Å². The molecule has 4 heteroatoms. The Morgan fingerprint density at radius 1 is 1.25 bits per heavy atom. The Labute approximate surface area is 65.7 Å². The van der Waals surface area contributed by atoms with Crippen LogP contribution in [0, 0.1) is 0 Å². The van der Waals surface area contributed by atoms with Gasteiger partial charge in [0, 0.05) is 46.2 Å². The van der Waals surface area contributed by atoms with E-state index in [1.165, 1.54) is 0 Å². The molecule has 0 fully saturated rings. The predicted molar refractivity (Wildman–Crippen MR) is 12.2 cm³/mol. The fraction of sp³-hybridized carbons (Fsp3) is 0. The molecular formula is CdGeLiO. The van der Waals surface area contributed by atoms with Crippen molar-refractivity contribution in [3.8, 4) is 0 Å². The van der Waals surface area contributed by atoms with Gasteiger partial charge in [-0.1, -0.05) is 0 Å². The first-order valence-corrected chi connectivity index (χ1v) is 1.06. The van der Waals surface area contributed by atoms with Crippen LogP contribution >= 0.6 is 0 Å². The quantitative estimate of drug-likeness (QED) is 0.472. The summed E-state index contributed by atoms with van der Waals surface area (Å²) < 4.78 is 8.25. The van der Waals surface area contributed by atoms with Gasteiger partial charge in [0.15, 0.2) is 0 Å². The summed E-state index contributed by atoms with van der Waals surface area (Å²) in [7, 11) is 0. The van der Waals surface area contributed by atoms with E-state index in [9.17, 15) is 0 Å². The molecule has 1 nitrogen and oxygen atoms in total. The van der Waals surface area contributed by atoms with Crippen molar-refractivity contribution < 1.29 is 31.1 Å². The molecule has 0 bridgehead atoms. The van der Waals surface area contributed by atoms with Crippen molar-refractivity contribution in [2.24, 2.45) is 0 Å². The van der Waals surface area contributed by atoms with E-state index in [-0.39, 0.29) is 46.2 Å². The van der Waals surface area contributed by atoms with Crippen molar-refractivity contribution in [2.75, 3.05) is 0 Å². The van der Waals surface area contributed by atoms with Crippen LogP contribution in [-0.4, -0.2) is 35.3 Å². The first kappa shape index (κ1) is 16.9. The molecule has 0 aliphatic heterocycles. The third-order valence-corrected chi connectivity index (χ3v) is 0. The molecule has 0 heterocycles. The summed E-state index contributed by atoms with van der Waals surface area (Å²) in [5.74, 6) is 0. The summed E-state index contributed by atoms with van der Waals surface area (Å²) in [5, 5.41) is 0. The van der Waals surface area contributed by atoms with Crippen molar-refractivity contribution in [1.82, 2.24) is 0 Å². The third kappa shape index (κ3) is 9.12. The van der Waals surface area contributed by atoms with Gasteiger partial charge in [0.25, 0.3) is 0 Å². The van der Waals surface area contributed by atoms with Gasteiger partial charge in [-0.05, 0) is 0 Å². The van der Waals surface area contributed by atoms with Crippen molar-refractivity contribution >= 4 is 35.3 Å². The zero-order valence-electron chi connectivity index (χ0n) is 2.62. The summed E-state index contributed by atoms with van der Waals surface area (Å²) >= 11 is 0.750. The van der Waals surface area contributed by atoms with Crippen LogP contribution in [-0.2, 0) is 31.1 Å². The van der Waals surface area contributed by atoms with Crippen LogP contribution in [0.15, 0.2) is 0 Å². The summed E-state index contributed by atoms with van der Waals surface area (Å²) in [5.41, 5.74) is 0. The molecule has 13 valence electrons. The van der Waals surface area contributed by atoms with Crippen molar-refractivity contribution in [3.05, 3.63) is 0 Å². The Hall–Kier alpha value is 1.86. The fourth-order valence-corrected chi connectivity index (χ4v) is 0. The molecule has 0 saturated heterocycles. The van der Waals surface area contributed by atoms with Crippen LogP contribution in [0.3, 0.4) is 0 Å². The molecule has 0 N–H and O–H groups in total. The maximum atomic E-state index is 8.25. The van der Waals surface area contributed by atoms with Crippen LogP contribution in [0.4, 0.5) is 0 Å². The van der Waals surface area contributed by atoms with Crippen molar-refractivity contribution in [3.63, 3.8) is 0 Å². The monoisotopic (exact) mass is 211 g/mol. The minimum absolute atomic E-state index is 0. The molecule has 0 rings (SSSR count). The molecule has 0 aromatic rings. The zero-order chi connectivity index (χ0) is 2.00. The van der Waals surface area contributed by atoms with Crippen LogP contribution in [0.2, 0.25) is 0 Å². The van der Waals surface area contributed by atoms with Crippen LogP contribution < -0.4 is 0 Å². The van der Waals surface area contributed by atoms with E-state index in [1.54, 1.807) is 0 Å². The van der Waals surface area contributed by atoms with Gasteiger partial charge in [0.1, 0.15) is 0 Å². The average molecular weight is 208 g/mol. The summed E-state index contributed by atoms with van der Waals surface area (Å²) in [4.78, 5) is 0. The Kier molecular flexibility index (Phi) is 88.4. The van der Waals surface area contributed by atoms with Crippen molar-refractivity contribution in [2.45, 2.75) is 0 Å². The Morgan fingerprint density at radius 3 is 1.25 bits per heavy atom. The molecule has 0 aliphatic carbocycles. The third-order valence-electron chi connectivity index (χ3n) is 0. The van der Waals surface area contributed by atoms with E-state index in [4.69, 9.17) is 3.78 Å². The molecule has 0 amide bonds. The molecule has 0 saturated carbocycles. The van der Waals surface area contributed by atoms with Gasteiger partial charge in [-0.15, -0.1) is 0 Å². The van der Waals surface area contributed by atoms with Gasteiger partial charge in [-0.3, -0.25) is 0 Å². The van der Waals surface area contributed by atoms with Crippen LogP contribution in [0.1, 0.15) is 0 Å². The van der Waals surface area contributed by atoms with E-state index in [1.807, 2.05) is 0 Å². The molecule has 0 aliphatic rings. The fourth-order valence-electron chi connectivity index (χ4n) is 0. The summed E-state index contributed by atoms with van der Waals surface area (Å²) in [6.07, 6.45) is 0. The topological polar surface area (TPSA) is 17.1 Å². The number of rotatable bonds is 0. The molecular weight excluding hydrogens is 208 g/mol. The van der Waals surface area contributed by atoms with E-state index in [0.717, 1.165) is 16.5 Å². The predicted octanol–water partition coefficient (Wildman–Crippen LogP) is -0.883. The molecule has 0 spiro atoms. The van der Waals surface area contributed by atoms with Gasteiger partial charge in [0.2, 0.25) is 0 Å². The second-order valence-electron chi connectivity index (χ2n) is 0. The van der Waals surface area contributed by atoms with E-state index in [2.05, 4.69) is 0 Å². The first-order chi connectivity index (χ1) is 1.00. The maximum absolute atomic E-state index is 8.25. The number of hydrogen-bond donors (Lipinski definition) is 0. The molecule has 0 aromatic carbocycles. The van der Waals surface area contributed by atoms with E-state index >= 15 is 0 Å². The Bertz CT molecular complexity index is 8.00. The SMILES string of the molecule is [Cd].[Li].[O]=[Ge]. The van der Waals surface area contributed by atoms with Gasteiger partial charge < -0.3 is 0 Å². The molecule has 4 heavy (non-hydrogen) atoms. The minimum atomic E-state index is 0. The van der Waals surface area contributed by atoms with E-state index in [0.29, 0.717) is 0 Å². The summed E-state index contributed by atoms with van der Waals surface area (Å²) in [6.45, 7) is 0. The molecule has 3 radical (unpaired) electrons. The first-order valence-electron chi connectivity index (χ1n) is 0.204. The van der Waals surface area contributed by atoms with E-state index < -0.39 is 0 Å². The molecule has 0 aromatic heterocycles. The van der Waals surface area contributed by atoms with Crippen LogP contribution in [0.25, 0.3) is 0 Å². The number of hydrogen-bond acceptors (Lipinski definition) is 1. The van der Waals surface area contributed by atoms with Crippen LogP contribution in [0.5, 0.6) is 0 Å². The Balaban J connectivity index is -0.00000000500.